The quantitative estimate of drug-likeness (QED) is 0.710. The lowest BCUT2D eigenvalue weighted by atomic mass is 9.97. The summed E-state index contributed by atoms with van der Waals surface area (Å²) in [5.41, 5.74) is 1.42. The molecule has 0 bridgehead atoms. The molecule has 1 amide bonds. The standard InChI is InChI=1S/C20H30ClN5O2/c1-13(2)7-8-22-11-15-6-5-9-26(12-15)20(27)17-18(23-25(4)19(17)21)16-10-14(3)28-24-16/h10,13,15,22H,5-9,11-12H2,1-4H3/t15-/m1/s1. The molecule has 2 aromatic rings. The molecule has 0 spiro atoms. The van der Waals surface area contributed by atoms with Gasteiger partial charge in [0.25, 0.3) is 5.91 Å². The van der Waals surface area contributed by atoms with E-state index in [9.17, 15) is 4.79 Å². The molecule has 1 aliphatic rings. The fourth-order valence-corrected chi connectivity index (χ4v) is 3.83. The van der Waals surface area contributed by atoms with Gasteiger partial charge in [0.05, 0.1) is 0 Å². The third-order valence-corrected chi connectivity index (χ3v) is 5.63. The molecule has 0 aliphatic carbocycles. The van der Waals surface area contributed by atoms with Crippen LogP contribution in [-0.2, 0) is 7.05 Å². The van der Waals surface area contributed by atoms with Crippen molar-refractivity contribution in [1.82, 2.24) is 25.2 Å². The predicted molar refractivity (Wildman–Crippen MR) is 109 cm³/mol. The number of piperidine rings is 1. The van der Waals surface area contributed by atoms with Gasteiger partial charge in [0.2, 0.25) is 0 Å². The molecular weight excluding hydrogens is 378 g/mol. The molecule has 2 aromatic heterocycles. The number of likely N-dealkylation sites (tertiary alicyclic amines) is 1. The monoisotopic (exact) mass is 407 g/mol. The first kappa shape index (κ1) is 20.9. The molecule has 1 aliphatic heterocycles. The first-order valence-electron chi connectivity index (χ1n) is 10.0. The highest BCUT2D eigenvalue weighted by Gasteiger charge is 2.31. The molecule has 1 fully saturated rings. The van der Waals surface area contributed by atoms with Crippen LogP contribution < -0.4 is 5.32 Å². The molecule has 3 heterocycles. The Bertz CT molecular complexity index is 814. The summed E-state index contributed by atoms with van der Waals surface area (Å²) in [6.07, 6.45) is 3.30. The number of hydrogen-bond donors (Lipinski definition) is 1. The van der Waals surface area contributed by atoms with E-state index in [0.717, 1.165) is 39.0 Å². The molecule has 1 N–H and O–H groups in total. The second-order valence-electron chi connectivity index (χ2n) is 8.11. The van der Waals surface area contributed by atoms with Gasteiger partial charge < -0.3 is 14.7 Å². The predicted octanol–water partition coefficient (Wildman–Crippen LogP) is 3.52. The van der Waals surface area contributed by atoms with Crippen molar-refractivity contribution >= 4 is 17.5 Å². The summed E-state index contributed by atoms with van der Waals surface area (Å²) in [4.78, 5) is 15.2. The van der Waals surface area contributed by atoms with E-state index in [0.29, 0.717) is 39.7 Å². The van der Waals surface area contributed by atoms with Gasteiger partial charge in [-0.3, -0.25) is 9.48 Å². The number of nitrogens with zero attached hydrogens (tertiary/aromatic N) is 4. The molecule has 154 valence electrons. The average Bonchev–Trinajstić information content (AvgIpc) is 3.22. The minimum atomic E-state index is -0.0827. The third kappa shape index (κ3) is 4.75. The number of hydrogen-bond acceptors (Lipinski definition) is 5. The molecule has 0 aromatic carbocycles. The molecule has 1 saturated heterocycles. The minimum Gasteiger partial charge on any atom is -0.361 e. The first-order valence-corrected chi connectivity index (χ1v) is 10.4. The van der Waals surface area contributed by atoms with Crippen LogP contribution >= 0.6 is 11.6 Å². The molecule has 8 heteroatoms. The van der Waals surface area contributed by atoms with E-state index in [1.54, 1.807) is 13.1 Å². The number of nitrogens with one attached hydrogen (secondary N) is 1. The van der Waals surface area contributed by atoms with Crippen molar-refractivity contribution in [2.75, 3.05) is 26.2 Å². The van der Waals surface area contributed by atoms with Crippen LogP contribution in [0.5, 0.6) is 0 Å². The molecular formula is C20H30ClN5O2. The number of aromatic nitrogens is 3. The van der Waals surface area contributed by atoms with E-state index in [2.05, 4.69) is 29.4 Å². The minimum absolute atomic E-state index is 0.0827. The average molecular weight is 408 g/mol. The Morgan fingerprint density at radius 1 is 1.46 bits per heavy atom. The van der Waals surface area contributed by atoms with Crippen molar-refractivity contribution in [3.8, 4) is 11.4 Å². The summed E-state index contributed by atoms with van der Waals surface area (Å²) in [5, 5.41) is 12.3. The van der Waals surface area contributed by atoms with Crippen LogP contribution in [0.1, 0.15) is 49.2 Å². The van der Waals surface area contributed by atoms with Gasteiger partial charge >= 0.3 is 0 Å². The van der Waals surface area contributed by atoms with Crippen LogP contribution in [0.15, 0.2) is 10.6 Å². The molecule has 28 heavy (non-hydrogen) atoms. The van der Waals surface area contributed by atoms with E-state index >= 15 is 0 Å². The smallest absolute Gasteiger partial charge is 0.259 e. The molecule has 0 unspecified atom stereocenters. The maximum absolute atomic E-state index is 13.3. The normalized spacial score (nSPS) is 17.5. The Balaban J connectivity index is 1.71. The number of amides is 1. The largest absolute Gasteiger partial charge is 0.361 e. The van der Waals surface area contributed by atoms with Crippen molar-refractivity contribution in [1.29, 1.82) is 0 Å². The zero-order valence-corrected chi connectivity index (χ0v) is 17.9. The Labute approximate surface area is 171 Å². The van der Waals surface area contributed by atoms with E-state index in [4.69, 9.17) is 16.1 Å². The molecule has 3 rings (SSSR count). The summed E-state index contributed by atoms with van der Waals surface area (Å²) < 4.78 is 6.68. The van der Waals surface area contributed by atoms with E-state index in [1.807, 2.05) is 11.8 Å². The van der Waals surface area contributed by atoms with Crippen LogP contribution in [-0.4, -0.2) is 51.9 Å². The second-order valence-corrected chi connectivity index (χ2v) is 8.46. The first-order chi connectivity index (χ1) is 13.4. The topological polar surface area (TPSA) is 76.2 Å². The number of rotatable bonds is 7. The van der Waals surface area contributed by atoms with Gasteiger partial charge in [-0.2, -0.15) is 5.10 Å². The van der Waals surface area contributed by atoms with Gasteiger partial charge in [0.15, 0.2) is 0 Å². The fourth-order valence-electron chi connectivity index (χ4n) is 3.62. The highest BCUT2D eigenvalue weighted by atomic mass is 35.5. The van der Waals surface area contributed by atoms with Crippen LogP contribution in [0.4, 0.5) is 0 Å². The van der Waals surface area contributed by atoms with E-state index in [1.165, 1.54) is 11.1 Å². The maximum atomic E-state index is 13.3. The summed E-state index contributed by atoms with van der Waals surface area (Å²) in [7, 11) is 1.73. The Hall–Kier alpha value is -1.86. The van der Waals surface area contributed by atoms with Gasteiger partial charge in [-0.05, 0) is 51.1 Å². The van der Waals surface area contributed by atoms with Gasteiger partial charge in [0.1, 0.15) is 27.9 Å². The summed E-state index contributed by atoms with van der Waals surface area (Å²) in [6, 6.07) is 1.77. The van der Waals surface area contributed by atoms with E-state index in [-0.39, 0.29) is 5.91 Å². The highest BCUT2D eigenvalue weighted by molar-refractivity contribution is 6.33. The SMILES string of the molecule is Cc1cc(-c2nn(C)c(Cl)c2C(=O)N2CCC[C@H](CNCCC(C)C)C2)no1. The zero-order chi connectivity index (χ0) is 20.3. The lowest BCUT2D eigenvalue weighted by molar-refractivity contribution is 0.0674. The Kier molecular flexibility index (Phi) is 6.78. The number of carbonyl (C=O) groups is 1. The Morgan fingerprint density at radius 3 is 2.93 bits per heavy atom. The molecule has 1 atom stereocenters. The van der Waals surface area contributed by atoms with E-state index < -0.39 is 0 Å². The Morgan fingerprint density at radius 2 is 2.25 bits per heavy atom. The van der Waals surface area contributed by atoms with Crippen molar-refractivity contribution in [3.63, 3.8) is 0 Å². The van der Waals surface area contributed by atoms with Crippen LogP contribution in [0, 0.1) is 18.8 Å². The lowest BCUT2D eigenvalue weighted by Gasteiger charge is -2.33. The van der Waals surface area contributed by atoms with Crippen molar-refractivity contribution in [2.24, 2.45) is 18.9 Å². The summed E-state index contributed by atoms with van der Waals surface area (Å²) in [5.74, 6) is 1.74. The van der Waals surface area contributed by atoms with Gasteiger partial charge in [-0.15, -0.1) is 0 Å². The van der Waals surface area contributed by atoms with Crippen molar-refractivity contribution in [3.05, 3.63) is 22.5 Å². The molecule has 0 saturated carbocycles. The zero-order valence-electron chi connectivity index (χ0n) is 17.2. The van der Waals surface area contributed by atoms with Gasteiger partial charge in [-0.25, -0.2) is 0 Å². The van der Waals surface area contributed by atoms with Crippen molar-refractivity contribution in [2.45, 2.75) is 40.0 Å². The molecule has 0 radical (unpaired) electrons. The van der Waals surface area contributed by atoms with Gasteiger partial charge in [0, 0.05) is 26.2 Å². The molecule has 7 nitrogen and oxygen atoms in total. The maximum Gasteiger partial charge on any atom is 0.259 e. The van der Waals surface area contributed by atoms with Crippen molar-refractivity contribution < 1.29 is 9.32 Å². The number of carbonyl (C=O) groups excluding carboxylic acids is 1. The van der Waals surface area contributed by atoms with Crippen LogP contribution in [0.2, 0.25) is 5.15 Å². The lowest BCUT2D eigenvalue weighted by Crippen LogP contribution is -2.43. The summed E-state index contributed by atoms with van der Waals surface area (Å²) in [6.45, 7) is 9.70. The van der Waals surface area contributed by atoms with Crippen LogP contribution in [0.25, 0.3) is 11.4 Å². The highest BCUT2D eigenvalue weighted by Crippen LogP contribution is 2.30. The summed E-state index contributed by atoms with van der Waals surface area (Å²) >= 11 is 6.44. The number of aryl methyl sites for hydroxylation is 2. The number of halogens is 1. The third-order valence-electron chi connectivity index (χ3n) is 5.20. The second kappa shape index (κ2) is 9.09. The fraction of sp³-hybridized carbons (Fsp3) is 0.650. The van der Waals surface area contributed by atoms with Crippen LogP contribution in [0.3, 0.4) is 0 Å². The van der Waals surface area contributed by atoms with Gasteiger partial charge in [-0.1, -0.05) is 30.6 Å².